The molecule has 0 fully saturated rings. The Kier molecular flexibility index (Phi) is 3.54. The molecule has 1 atom stereocenters. The Morgan fingerprint density at radius 3 is 2.59 bits per heavy atom. The number of nitrogens with one attached hydrogen (secondary N) is 1. The summed E-state index contributed by atoms with van der Waals surface area (Å²) in [6, 6.07) is 9.82. The molecule has 0 unspecified atom stereocenters. The Morgan fingerprint density at radius 2 is 1.94 bits per heavy atom. The number of hydrogen-bond donors (Lipinski definition) is 2. The van der Waals surface area contributed by atoms with Gasteiger partial charge in [0, 0.05) is 5.56 Å². The molecule has 1 aromatic carbocycles. The van der Waals surface area contributed by atoms with Crippen LogP contribution in [0.2, 0.25) is 0 Å². The van der Waals surface area contributed by atoms with E-state index in [4.69, 9.17) is 5.73 Å². The summed E-state index contributed by atoms with van der Waals surface area (Å²) in [6.45, 7) is 4.29. The van der Waals surface area contributed by atoms with E-state index in [1.54, 1.807) is 0 Å². The van der Waals surface area contributed by atoms with Crippen LogP contribution in [0, 0.1) is 5.92 Å². The topological polar surface area (TPSA) is 67.6 Å². The second-order valence-corrected chi connectivity index (χ2v) is 4.65. The molecule has 0 aliphatic carbocycles. The number of benzene rings is 1. The van der Waals surface area contributed by atoms with Crippen LogP contribution >= 0.6 is 0 Å². The minimum Gasteiger partial charge on any atom is -0.321 e. The zero-order valence-corrected chi connectivity index (χ0v) is 10.2. The number of aromatic nitrogens is 3. The molecule has 0 radical (unpaired) electrons. The van der Waals surface area contributed by atoms with Crippen LogP contribution in [0.15, 0.2) is 30.3 Å². The summed E-state index contributed by atoms with van der Waals surface area (Å²) in [4.78, 5) is 4.44. The van der Waals surface area contributed by atoms with Gasteiger partial charge in [-0.25, -0.2) is 4.98 Å². The lowest BCUT2D eigenvalue weighted by atomic mass is 10.0. The number of nitrogens with two attached hydrogens (primary N) is 1. The first-order chi connectivity index (χ1) is 8.16. The minimum atomic E-state index is -0.0695. The fraction of sp³-hybridized carbons (Fsp3) is 0.385. The van der Waals surface area contributed by atoms with Gasteiger partial charge in [-0.2, -0.15) is 5.10 Å². The smallest absolute Gasteiger partial charge is 0.181 e. The number of aromatic amines is 1. The molecular weight excluding hydrogens is 212 g/mol. The van der Waals surface area contributed by atoms with Crippen LogP contribution in [-0.4, -0.2) is 15.2 Å². The predicted molar refractivity (Wildman–Crippen MR) is 68.2 cm³/mol. The highest BCUT2D eigenvalue weighted by atomic mass is 15.2. The van der Waals surface area contributed by atoms with Crippen molar-refractivity contribution in [2.75, 3.05) is 0 Å². The largest absolute Gasteiger partial charge is 0.321 e. The summed E-state index contributed by atoms with van der Waals surface area (Å²) >= 11 is 0. The van der Waals surface area contributed by atoms with Gasteiger partial charge in [0.15, 0.2) is 5.82 Å². The van der Waals surface area contributed by atoms with Crippen LogP contribution in [-0.2, 0) is 0 Å². The lowest BCUT2D eigenvalue weighted by Crippen LogP contribution is -2.14. The molecule has 1 heterocycles. The van der Waals surface area contributed by atoms with Gasteiger partial charge >= 0.3 is 0 Å². The molecule has 0 saturated heterocycles. The summed E-state index contributed by atoms with van der Waals surface area (Å²) in [6.07, 6.45) is 0.906. The maximum atomic E-state index is 6.05. The van der Waals surface area contributed by atoms with Crippen molar-refractivity contribution in [1.82, 2.24) is 15.2 Å². The molecule has 17 heavy (non-hydrogen) atoms. The first-order valence-corrected chi connectivity index (χ1v) is 5.90. The Hall–Kier alpha value is -1.68. The van der Waals surface area contributed by atoms with Gasteiger partial charge in [0.25, 0.3) is 0 Å². The third-order valence-corrected chi connectivity index (χ3v) is 2.61. The molecule has 4 nitrogen and oxygen atoms in total. The van der Waals surface area contributed by atoms with Crippen molar-refractivity contribution in [2.45, 2.75) is 26.3 Å². The fourth-order valence-corrected chi connectivity index (χ4v) is 1.78. The molecule has 2 aromatic rings. The molecule has 90 valence electrons. The number of hydrogen-bond acceptors (Lipinski definition) is 3. The molecule has 0 amide bonds. The molecule has 4 heteroatoms. The zero-order chi connectivity index (χ0) is 12.3. The standard InChI is InChI=1S/C13H18N4/c1-9(2)8-11(14)13-15-12(16-17-13)10-6-4-3-5-7-10/h3-7,9,11H,8,14H2,1-2H3,(H,15,16,17)/t11-/m1/s1. The molecule has 0 spiro atoms. The maximum absolute atomic E-state index is 6.05. The van der Waals surface area contributed by atoms with Gasteiger partial charge in [0.1, 0.15) is 5.82 Å². The van der Waals surface area contributed by atoms with Gasteiger partial charge in [0.2, 0.25) is 0 Å². The molecule has 0 aliphatic heterocycles. The summed E-state index contributed by atoms with van der Waals surface area (Å²) in [5, 5.41) is 7.12. The second kappa shape index (κ2) is 5.10. The quantitative estimate of drug-likeness (QED) is 0.848. The van der Waals surface area contributed by atoms with Gasteiger partial charge in [-0.05, 0) is 12.3 Å². The number of rotatable bonds is 4. The minimum absolute atomic E-state index is 0.0695. The van der Waals surface area contributed by atoms with Crippen molar-refractivity contribution in [3.05, 3.63) is 36.2 Å². The van der Waals surface area contributed by atoms with Crippen LogP contribution in [0.4, 0.5) is 0 Å². The monoisotopic (exact) mass is 230 g/mol. The Morgan fingerprint density at radius 1 is 1.24 bits per heavy atom. The van der Waals surface area contributed by atoms with Gasteiger partial charge in [-0.3, -0.25) is 5.10 Å². The number of nitrogens with zero attached hydrogens (tertiary/aromatic N) is 2. The van der Waals surface area contributed by atoms with E-state index in [0.29, 0.717) is 11.7 Å². The van der Waals surface area contributed by atoms with Crippen molar-refractivity contribution >= 4 is 0 Å². The molecule has 0 bridgehead atoms. The van der Waals surface area contributed by atoms with Gasteiger partial charge in [0.05, 0.1) is 6.04 Å². The lowest BCUT2D eigenvalue weighted by molar-refractivity contribution is 0.494. The Balaban J connectivity index is 2.16. The maximum Gasteiger partial charge on any atom is 0.181 e. The molecule has 2 rings (SSSR count). The van der Waals surface area contributed by atoms with E-state index in [0.717, 1.165) is 17.8 Å². The van der Waals surface area contributed by atoms with E-state index >= 15 is 0 Å². The van der Waals surface area contributed by atoms with Crippen molar-refractivity contribution in [2.24, 2.45) is 11.7 Å². The first-order valence-electron chi connectivity index (χ1n) is 5.90. The average molecular weight is 230 g/mol. The van der Waals surface area contributed by atoms with Crippen LogP contribution in [0.3, 0.4) is 0 Å². The summed E-state index contributed by atoms with van der Waals surface area (Å²) in [5.74, 6) is 2.02. The molecule has 3 N–H and O–H groups in total. The normalized spacial score (nSPS) is 12.9. The van der Waals surface area contributed by atoms with Crippen molar-refractivity contribution in [3.8, 4) is 11.4 Å². The van der Waals surface area contributed by atoms with E-state index in [1.165, 1.54) is 0 Å². The highest BCUT2D eigenvalue weighted by Gasteiger charge is 2.13. The van der Waals surface area contributed by atoms with Gasteiger partial charge in [-0.15, -0.1) is 0 Å². The average Bonchev–Trinajstić information content (AvgIpc) is 2.78. The third-order valence-electron chi connectivity index (χ3n) is 2.61. The van der Waals surface area contributed by atoms with Gasteiger partial charge in [-0.1, -0.05) is 44.2 Å². The Labute approximate surface area is 101 Å². The molecule has 1 aromatic heterocycles. The second-order valence-electron chi connectivity index (χ2n) is 4.65. The lowest BCUT2D eigenvalue weighted by Gasteiger charge is -2.10. The van der Waals surface area contributed by atoms with Crippen LogP contribution < -0.4 is 5.73 Å². The van der Waals surface area contributed by atoms with Gasteiger partial charge < -0.3 is 5.73 Å². The first kappa shape index (κ1) is 11.8. The molecule has 0 saturated carbocycles. The van der Waals surface area contributed by atoms with E-state index in [2.05, 4.69) is 29.0 Å². The van der Waals surface area contributed by atoms with Crippen LogP contribution in [0.5, 0.6) is 0 Å². The summed E-state index contributed by atoms with van der Waals surface area (Å²) in [5.41, 5.74) is 7.06. The van der Waals surface area contributed by atoms with E-state index in [-0.39, 0.29) is 6.04 Å². The third kappa shape index (κ3) is 2.91. The summed E-state index contributed by atoms with van der Waals surface area (Å²) in [7, 11) is 0. The van der Waals surface area contributed by atoms with Crippen molar-refractivity contribution < 1.29 is 0 Å². The summed E-state index contributed by atoms with van der Waals surface area (Å²) < 4.78 is 0. The van der Waals surface area contributed by atoms with Crippen molar-refractivity contribution in [1.29, 1.82) is 0 Å². The SMILES string of the molecule is CC(C)C[C@@H](N)c1nc(-c2ccccc2)n[nH]1. The molecule has 0 aliphatic rings. The van der Waals surface area contributed by atoms with Crippen molar-refractivity contribution in [3.63, 3.8) is 0 Å². The van der Waals surface area contributed by atoms with Crippen LogP contribution in [0.25, 0.3) is 11.4 Å². The van der Waals surface area contributed by atoms with E-state index < -0.39 is 0 Å². The molecular formula is C13H18N4. The Bertz CT molecular complexity index is 461. The van der Waals surface area contributed by atoms with E-state index in [9.17, 15) is 0 Å². The fourth-order valence-electron chi connectivity index (χ4n) is 1.78. The van der Waals surface area contributed by atoms with Crippen LogP contribution in [0.1, 0.15) is 32.1 Å². The number of H-pyrrole nitrogens is 1. The predicted octanol–water partition coefficient (Wildman–Crippen LogP) is 2.52. The highest BCUT2D eigenvalue weighted by Crippen LogP contribution is 2.19. The highest BCUT2D eigenvalue weighted by molar-refractivity contribution is 5.53. The zero-order valence-electron chi connectivity index (χ0n) is 10.2. The van der Waals surface area contributed by atoms with E-state index in [1.807, 2.05) is 30.3 Å².